The van der Waals surface area contributed by atoms with Crippen molar-refractivity contribution >= 4 is 28.3 Å². The van der Waals surface area contributed by atoms with Gasteiger partial charge in [0.05, 0.1) is 38.3 Å². The molecule has 3 aromatic carbocycles. The lowest BCUT2D eigenvalue weighted by Crippen LogP contribution is -2.23. The summed E-state index contributed by atoms with van der Waals surface area (Å²) in [7, 11) is 0. The molecule has 190 valence electrons. The van der Waals surface area contributed by atoms with Crippen molar-refractivity contribution in [2.24, 2.45) is 0 Å². The van der Waals surface area contributed by atoms with Crippen molar-refractivity contribution < 1.29 is 23.8 Å². The van der Waals surface area contributed by atoms with Crippen molar-refractivity contribution in [3.63, 3.8) is 0 Å². The van der Waals surface area contributed by atoms with Crippen molar-refractivity contribution in [2.45, 2.75) is 59.4 Å². The quantitative estimate of drug-likeness (QED) is 0.216. The molecule has 0 bridgehead atoms. The number of benzene rings is 3. The zero-order valence-corrected chi connectivity index (χ0v) is 21.5. The van der Waals surface area contributed by atoms with Crippen molar-refractivity contribution in [1.82, 2.24) is 0 Å². The Morgan fingerprint density at radius 1 is 0.861 bits per heavy atom. The number of nitrogens with zero attached hydrogens (tertiary/aromatic N) is 1. The van der Waals surface area contributed by atoms with Crippen LogP contribution in [0.1, 0.15) is 67.9 Å². The highest BCUT2D eigenvalue weighted by Crippen LogP contribution is 2.46. The summed E-state index contributed by atoms with van der Waals surface area (Å²) in [6.45, 7) is 7.96. The first kappa shape index (κ1) is 25.5. The van der Waals surface area contributed by atoms with Gasteiger partial charge in [0, 0.05) is 22.0 Å². The maximum Gasteiger partial charge on any atom is 0.310 e. The van der Waals surface area contributed by atoms with Crippen LogP contribution in [0.15, 0.2) is 48.5 Å². The molecule has 6 heteroatoms. The molecule has 0 saturated heterocycles. The molecule has 0 aromatic heterocycles. The van der Waals surface area contributed by atoms with E-state index in [0.29, 0.717) is 37.7 Å². The molecule has 1 heterocycles. The van der Waals surface area contributed by atoms with Gasteiger partial charge in [0.2, 0.25) is 0 Å². The second-order valence-corrected chi connectivity index (χ2v) is 9.00. The molecule has 4 rings (SSSR count). The summed E-state index contributed by atoms with van der Waals surface area (Å²) in [6.07, 6.45) is 4.10. The Hall–Kier alpha value is -3.54. The van der Waals surface area contributed by atoms with Gasteiger partial charge in [-0.2, -0.15) is 0 Å². The Morgan fingerprint density at radius 3 is 2.08 bits per heavy atom. The molecule has 1 amide bonds. The van der Waals surface area contributed by atoms with Gasteiger partial charge < -0.3 is 19.1 Å². The average molecular weight is 490 g/mol. The van der Waals surface area contributed by atoms with Gasteiger partial charge in [-0.25, -0.2) is 0 Å². The third-order valence-corrected chi connectivity index (χ3v) is 6.38. The molecule has 0 fully saturated rings. The van der Waals surface area contributed by atoms with Gasteiger partial charge in [0.1, 0.15) is 11.5 Å². The zero-order chi connectivity index (χ0) is 25.5. The number of carbonyl (C=O) groups is 2. The van der Waals surface area contributed by atoms with Crippen molar-refractivity contribution in [2.75, 3.05) is 24.7 Å². The number of rotatable bonds is 12. The van der Waals surface area contributed by atoms with Crippen LogP contribution in [0.5, 0.6) is 11.5 Å². The monoisotopic (exact) mass is 489 g/mol. The Labute approximate surface area is 213 Å². The van der Waals surface area contributed by atoms with Crippen molar-refractivity contribution in [3.05, 3.63) is 65.2 Å². The molecule has 0 spiro atoms. The summed E-state index contributed by atoms with van der Waals surface area (Å²) >= 11 is 0. The van der Waals surface area contributed by atoms with E-state index in [2.05, 4.69) is 13.8 Å². The van der Waals surface area contributed by atoms with Crippen LogP contribution in [0.2, 0.25) is 0 Å². The molecule has 0 radical (unpaired) electrons. The van der Waals surface area contributed by atoms with Gasteiger partial charge in [-0.1, -0.05) is 63.1 Å². The van der Waals surface area contributed by atoms with Crippen LogP contribution in [-0.4, -0.2) is 31.7 Å². The SMILES string of the molecule is CCCCOc1c2c(c(OCCCC)c3ccccc13)C(=O)N(c1ccc(CC(=O)OCC)cc1)C2. The zero-order valence-electron chi connectivity index (χ0n) is 21.5. The molecule has 0 N–H and O–H groups in total. The predicted octanol–water partition coefficient (Wildman–Crippen LogP) is 6.46. The number of unbranched alkanes of at least 4 members (excludes halogenated alkanes) is 2. The minimum Gasteiger partial charge on any atom is -0.493 e. The highest BCUT2D eigenvalue weighted by Gasteiger charge is 2.36. The highest BCUT2D eigenvalue weighted by molar-refractivity contribution is 6.16. The first-order valence-electron chi connectivity index (χ1n) is 13.0. The molecule has 1 aliphatic rings. The molecular weight excluding hydrogens is 454 g/mol. The van der Waals surface area contributed by atoms with E-state index in [1.165, 1.54) is 0 Å². The Kier molecular flexibility index (Phi) is 8.47. The van der Waals surface area contributed by atoms with E-state index in [4.69, 9.17) is 14.2 Å². The smallest absolute Gasteiger partial charge is 0.310 e. The van der Waals surface area contributed by atoms with Crippen LogP contribution < -0.4 is 14.4 Å². The van der Waals surface area contributed by atoms with E-state index < -0.39 is 0 Å². The number of esters is 1. The lowest BCUT2D eigenvalue weighted by atomic mass is 9.99. The molecule has 0 aliphatic carbocycles. The highest BCUT2D eigenvalue weighted by atomic mass is 16.5. The molecule has 6 nitrogen and oxygen atoms in total. The molecule has 0 atom stereocenters. The van der Waals surface area contributed by atoms with Gasteiger partial charge >= 0.3 is 5.97 Å². The summed E-state index contributed by atoms with van der Waals surface area (Å²) in [5.74, 6) is 1.06. The number of hydrogen-bond acceptors (Lipinski definition) is 5. The largest absolute Gasteiger partial charge is 0.493 e. The minimum atomic E-state index is -0.260. The standard InChI is InChI=1S/C30H35NO5/c1-4-7-17-35-28-23-11-9-10-12-24(23)29(36-18-8-5-2)27-25(28)20-31(30(27)33)22-15-13-21(14-16-22)19-26(32)34-6-3/h9-16H,4-8,17-20H2,1-3H3. The van der Waals surface area contributed by atoms with Gasteiger partial charge in [-0.05, 0) is 37.5 Å². The maximum absolute atomic E-state index is 13.8. The fourth-order valence-corrected chi connectivity index (χ4v) is 4.50. The van der Waals surface area contributed by atoms with Crippen molar-refractivity contribution in [3.8, 4) is 11.5 Å². The van der Waals surface area contributed by atoms with E-state index >= 15 is 0 Å². The normalized spacial score (nSPS) is 12.6. The topological polar surface area (TPSA) is 65.1 Å². The Morgan fingerprint density at radius 2 is 1.47 bits per heavy atom. The number of fused-ring (bicyclic) bond motifs is 2. The summed E-state index contributed by atoms with van der Waals surface area (Å²) < 4.78 is 17.6. The lowest BCUT2D eigenvalue weighted by molar-refractivity contribution is -0.142. The summed E-state index contributed by atoms with van der Waals surface area (Å²) in [5, 5.41) is 1.87. The van der Waals surface area contributed by atoms with Crippen LogP contribution in [-0.2, 0) is 22.5 Å². The number of amides is 1. The number of ether oxygens (including phenoxy) is 3. The number of anilines is 1. The summed E-state index contributed by atoms with van der Waals surface area (Å²) in [6, 6.07) is 15.5. The Bertz CT molecular complexity index is 1220. The van der Waals surface area contributed by atoms with E-state index in [1.54, 1.807) is 11.8 Å². The molecule has 36 heavy (non-hydrogen) atoms. The van der Waals surface area contributed by atoms with Gasteiger partial charge in [0.15, 0.2) is 0 Å². The minimum absolute atomic E-state index is 0.0965. The van der Waals surface area contributed by atoms with E-state index in [-0.39, 0.29) is 18.3 Å². The molecule has 0 saturated carbocycles. The van der Waals surface area contributed by atoms with Crippen LogP contribution in [0.25, 0.3) is 10.8 Å². The van der Waals surface area contributed by atoms with Gasteiger partial charge in [-0.15, -0.1) is 0 Å². The second kappa shape index (κ2) is 11.9. The molecule has 3 aromatic rings. The first-order valence-corrected chi connectivity index (χ1v) is 13.0. The van der Waals surface area contributed by atoms with Crippen LogP contribution in [0.3, 0.4) is 0 Å². The van der Waals surface area contributed by atoms with E-state index in [0.717, 1.165) is 59.0 Å². The lowest BCUT2D eigenvalue weighted by Gasteiger charge is -2.17. The number of hydrogen-bond donors (Lipinski definition) is 0. The Balaban J connectivity index is 1.73. The van der Waals surface area contributed by atoms with Gasteiger partial charge in [0.25, 0.3) is 5.91 Å². The maximum atomic E-state index is 13.8. The first-order chi connectivity index (χ1) is 17.6. The van der Waals surface area contributed by atoms with E-state index in [1.807, 2.05) is 48.5 Å². The fourth-order valence-electron chi connectivity index (χ4n) is 4.50. The molecular formula is C30H35NO5. The molecule has 0 unspecified atom stereocenters. The summed E-state index contributed by atoms with van der Waals surface area (Å²) in [4.78, 5) is 27.4. The second-order valence-electron chi connectivity index (χ2n) is 9.00. The van der Waals surface area contributed by atoms with E-state index in [9.17, 15) is 9.59 Å². The predicted molar refractivity (Wildman–Crippen MR) is 142 cm³/mol. The third-order valence-electron chi connectivity index (χ3n) is 6.38. The fraction of sp³-hybridized carbons (Fsp3) is 0.400. The third kappa shape index (κ3) is 5.32. The average Bonchev–Trinajstić information content (AvgIpc) is 3.22. The molecule has 1 aliphatic heterocycles. The van der Waals surface area contributed by atoms with Crippen LogP contribution >= 0.6 is 0 Å². The summed E-state index contributed by atoms with van der Waals surface area (Å²) in [5.41, 5.74) is 3.08. The van der Waals surface area contributed by atoms with Crippen molar-refractivity contribution in [1.29, 1.82) is 0 Å². The van der Waals surface area contributed by atoms with Crippen LogP contribution in [0.4, 0.5) is 5.69 Å². The van der Waals surface area contributed by atoms with Gasteiger partial charge in [-0.3, -0.25) is 9.59 Å². The number of carbonyl (C=O) groups excluding carboxylic acids is 2. The van der Waals surface area contributed by atoms with Crippen LogP contribution in [0, 0.1) is 0 Å².